The van der Waals surface area contributed by atoms with Crippen molar-refractivity contribution in [2.75, 3.05) is 0 Å². The lowest BCUT2D eigenvalue weighted by molar-refractivity contribution is -0.129. The third-order valence-electron chi connectivity index (χ3n) is 3.47. The standard InChI is InChI=1S/C18H21NO4/c1-13(10-11-15-7-4-3-5-8-15)19-17(20)14(2)23-18(21)16-9-6-12-22-16/h3-9,12-14H,10-11H2,1-2H3,(H,19,20)/t13-,14-/m0/s1. The van der Waals surface area contributed by atoms with Crippen molar-refractivity contribution in [3.8, 4) is 0 Å². The van der Waals surface area contributed by atoms with Gasteiger partial charge >= 0.3 is 5.97 Å². The zero-order valence-corrected chi connectivity index (χ0v) is 13.3. The van der Waals surface area contributed by atoms with Gasteiger partial charge in [-0.1, -0.05) is 30.3 Å². The van der Waals surface area contributed by atoms with Crippen LogP contribution in [-0.2, 0) is 16.0 Å². The molecular formula is C18H21NO4. The summed E-state index contributed by atoms with van der Waals surface area (Å²) in [4.78, 5) is 23.8. The van der Waals surface area contributed by atoms with Gasteiger partial charge in [0.25, 0.3) is 5.91 Å². The van der Waals surface area contributed by atoms with Crippen LogP contribution in [-0.4, -0.2) is 24.0 Å². The molecule has 1 aromatic carbocycles. The summed E-state index contributed by atoms with van der Waals surface area (Å²) in [5, 5.41) is 2.85. The smallest absolute Gasteiger partial charge is 0.374 e. The van der Waals surface area contributed by atoms with Gasteiger partial charge in [0, 0.05) is 6.04 Å². The Morgan fingerprint density at radius 1 is 1.13 bits per heavy atom. The Bertz CT molecular complexity index is 622. The van der Waals surface area contributed by atoms with E-state index in [9.17, 15) is 9.59 Å². The Morgan fingerprint density at radius 2 is 1.87 bits per heavy atom. The van der Waals surface area contributed by atoms with E-state index in [2.05, 4.69) is 17.4 Å². The number of carbonyl (C=O) groups is 2. The topological polar surface area (TPSA) is 68.5 Å². The number of hydrogen-bond acceptors (Lipinski definition) is 4. The molecule has 1 heterocycles. The van der Waals surface area contributed by atoms with Gasteiger partial charge < -0.3 is 14.5 Å². The lowest BCUT2D eigenvalue weighted by Crippen LogP contribution is -2.41. The maximum atomic E-state index is 12.1. The molecule has 23 heavy (non-hydrogen) atoms. The Hall–Kier alpha value is -2.56. The van der Waals surface area contributed by atoms with Crippen molar-refractivity contribution in [3.63, 3.8) is 0 Å². The van der Waals surface area contributed by atoms with Crippen LogP contribution in [0.3, 0.4) is 0 Å². The molecule has 1 N–H and O–H groups in total. The number of rotatable bonds is 7. The highest BCUT2D eigenvalue weighted by Gasteiger charge is 2.21. The quantitative estimate of drug-likeness (QED) is 0.798. The van der Waals surface area contributed by atoms with Crippen molar-refractivity contribution in [1.82, 2.24) is 5.32 Å². The molecule has 2 rings (SSSR count). The minimum absolute atomic E-state index is 0.00697. The van der Waals surface area contributed by atoms with Crippen molar-refractivity contribution in [1.29, 1.82) is 0 Å². The third kappa shape index (κ3) is 5.29. The van der Waals surface area contributed by atoms with Gasteiger partial charge in [-0.05, 0) is 44.4 Å². The number of carbonyl (C=O) groups excluding carboxylic acids is 2. The van der Waals surface area contributed by atoms with E-state index >= 15 is 0 Å². The van der Waals surface area contributed by atoms with E-state index in [4.69, 9.17) is 9.15 Å². The number of amides is 1. The molecule has 5 heteroatoms. The zero-order valence-electron chi connectivity index (χ0n) is 13.3. The molecule has 0 bridgehead atoms. The van der Waals surface area contributed by atoms with Crippen LogP contribution in [0, 0.1) is 0 Å². The summed E-state index contributed by atoms with van der Waals surface area (Å²) in [5.41, 5.74) is 1.23. The zero-order chi connectivity index (χ0) is 16.7. The Morgan fingerprint density at radius 3 is 2.52 bits per heavy atom. The van der Waals surface area contributed by atoms with Gasteiger partial charge in [-0.15, -0.1) is 0 Å². The third-order valence-corrected chi connectivity index (χ3v) is 3.47. The van der Waals surface area contributed by atoms with Crippen molar-refractivity contribution >= 4 is 11.9 Å². The molecule has 0 aliphatic heterocycles. The predicted octanol–water partition coefficient (Wildman–Crippen LogP) is 2.96. The monoisotopic (exact) mass is 315 g/mol. The first-order chi connectivity index (χ1) is 11.1. The highest BCUT2D eigenvalue weighted by atomic mass is 16.6. The van der Waals surface area contributed by atoms with Crippen molar-refractivity contribution in [3.05, 3.63) is 60.1 Å². The molecule has 0 saturated carbocycles. The van der Waals surface area contributed by atoms with Crippen LogP contribution < -0.4 is 5.32 Å². The van der Waals surface area contributed by atoms with E-state index in [1.165, 1.54) is 17.9 Å². The normalized spacial score (nSPS) is 13.1. The summed E-state index contributed by atoms with van der Waals surface area (Å²) in [6, 6.07) is 13.2. The van der Waals surface area contributed by atoms with Gasteiger partial charge in [-0.25, -0.2) is 4.79 Å². The fourth-order valence-corrected chi connectivity index (χ4v) is 2.13. The van der Waals surface area contributed by atoms with Gasteiger partial charge in [0.2, 0.25) is 5.76 Å². The summed E-state index contributed by atoms with van der Waals surface area (Å²) < 4.78 is 10.0. The Labute approximate surface area is 135 Å². The number of benzene rings is 1. The molecule has 2 aromatic rings. The van der Waals surface area contributed by atoms with Gasteiger partial charge in [-0.2, -0.15) is 0 Å². The Balaban J connectivity index is 1.75. The van der Waals surface area contributed by atoms with E-state index in [1.807, 2.05) is 25.1 Å². The van der Waals surface area contributed by atoms with E-state index < -0.39 is 12.1 Å². The second kappa shape index (κ2) is 8.17. The molecule has 0 aliphatic carbocycles. The first kappa shape index (κ1) is 16.8. The second-order valence-corrected chi connectivity index (χ2v) is 5.46. The average Bonchev–Trinajstić information content (AvgIpc) is 3.08. The van der Waals surface area contributed by atoms with Gasteiger partial charge in [-0.3, -0.25) is 4.79 Å². The molecule has 0 fully saturated rings. The van der Waals surface area contributed by atoms with Crippen molar-refractivity contribution < 1.29 is 18.7 Å². The van der Waals surface area contributed by atoms with Gasteiger partial charge in [0.1, 0.15) is 0 Å². The molecule has 5 nitrogen and oxygen atoms in total. The number of furan rings is 1. The number of ether oxygens (including phenoxy) is 1. The van der Waals surface area contributed by atoms with E-state index in [-0.39, 0.29) is 17.7 Å². The molecule has 122 valence electrons. The molecule has 1 amide bonds. The highest BCUT2D eigenvalue weighted by Crippen LogP contribution is 2.07. The fraction of sp³-hybridized carbons (Fsp3) is 0.333. The van der Waals surface area contributed by atoms with Crippen LogP contribution in [0.15, 0.2) is 53.1 Å². The Kier molecular flexibility index (Phi) is 5.97. The molecular weight excluding hydrogens is 294 g/mol. The van der Waals surface area contributed by atoms with Crippen LogP contribution in [0.1, 0.15) is 36.4 Å². The number of hydrogen-bond donors (Lipinski definition) is 1. The van der Waals surface area contributed by atoms with E-state index in [0.717, 1.165) is 12.8 Å². The number of aryl methyl sites for hydroxylation is 1. The lowest BCUT2D eigenvalue weighted by Gasteiger charge is -2.17. The van der Waals surface area contributed by atoms with Gasteiger partial charge in [0.05, 0.1) is 6.26 Å². The summed E-state index contributed by atoms with van der Waals surface area (Å²) >= 11 is 0. The first-order valence-corrected chi connectivity index (χ1v) is 7.65. The average molecular weight is 315 g/mol. The van der Waals surface area contributed by atoms with Crippen molar-refractivity contribution in [2.45, 2.75) is 38.8 Å². The largest absolute Gasteiger partial charge is 0.457 e. The maximum absolute atomic E-state index is 12.1. The van der Waals surface area contributed by atoms with Crippen LogP contribution in [0.4, 0.5) is 0 Å². The molecule has 2 atom stereocenters. The number of esters is 1. The van der Waals surface area contributed by atoms with Crippen LogP contribution in [0.5, 0.6) is 0 Å². The summed E-state index contributed by atoms with van der Waals surface area (Å²) in [6.07, 6.45) is 2.21. The second-order valence-electron chi connectivity index (χ2n) is 5.46. The SMILES string of the molecule is C[C@H](OC(=O)c1ccco1)C(=O)N[C@@H](C)CCc1ccccc1. The molecule has 0 unspecified atom stereocenters. The van der Waals surface area contributed by atoms with E-state index in [1.54, 1.807) is 13.0 Å². The predicted molar refractivity (Wildman–Crippen MR) is 86.0 cm³/mol. The van der Waals surface area contributed by atoms with Crippen LogP contribution in [0.25, 0.3) is 0 Å². The first-order valence-electron chi connectivity index (χ1n) is 7.65. The fourth-order valence-electron chi connectivity index (χ4n) is 2.13. The summed E-state index contributed by atoms with van der Waals surface area (Å²) in [6.45, 7) is 3.47. The molecule has 0 aliphatic rings. The van der Waals surface area contributed by atoms with Crippen LogP contribution in [0.2, 0.25) is 0 Å². The van der Waals surface area contributed by atoms with Crippen molar-refractivity contribution in [2.24, 2.45) is 0 Å². The van der Waals surface area contributed by atoms with Crippen LogP contribution >= 0.6 is 0 Å². The molecule has 0 spiro atoms. The minimum atomic E-state index is -0.869. The minimum Gasteiger partial charge on any atom is -0.457 e. The molecule has 0 radical (unpaired) electrons. The molecule has 0 saturated heterocycles. The number of nitrogens with one attached hydrogen (secondary N) is 1. The maximum Gasteiger partial charge on any atom is 0.374 e. The molecule has 1 aromatic heterocycles. The summed E-state index contributed by atoms with van der Waals surface area (Å²) in [5.74, 6) is -0.873. The van der Waals surface area contributed by atoms with Gasteiger partial charge in [0.15, 0.2) is 6.10 Å². The summed E-state index contributed by atoms with van der Waals surface area (Å²) in [7, 11) is 0. The lowest BCUT2D eigenvalue weighted by atomic mass is 10.1. The highest BCUT2D eigenvalue weighted by molar-refractivity contribution is 5.89. The van der Waals surface area contributed by atoms with E-state index in [0.29, 0.717) is 0 Å².